The summed E-state index contributed by atoms with van der Waals surface area (Å²) in [5.74, 6) is 6.65. The number of hydrazine groups is 1. The molecule has 2 aromatic rings. The van der Waals surface area contributed by atoms with Crippen molar-refractivity contribution in [3.63, 3.8) is 0 Å². The predicted molar refractivity (Wildman–Crippen MR) is 84.0 cm³/mol. The number of aryl methyl sites for hydroxylation is 2. The van der Waals surface area contributed by atoms with E-state index in [9.17, 15) is 0 Å². The van der Waals surface area contributed by atoms with Crippen LogP contribution < -0.4 is 16.0 Å². The van der Waals surface area contributed by atoms with Crippen molar-refractivity contribution < 1.29 is 4.74 Å². The van der Waals surface area contributed by atoms with Gasteiger partial charge in [-0.05, 0) is 44.0 Å². The van der Waals surface area contributed by atoms with E-state index in [1.165, 1.54) is 0 Å². The molecule has 0 saturated carbocycles. The molecule has 1 heterocycles. The first-order valence-electron chi connectivity index (χ1n) is 7.42. The molecule has 5 nitrogen and oxygen atoms in total. The van der Waals surface area contributed by atoms with Crippen LogP contribution in [0, 0.1) is 6.92 Å². The Bertz CT molecular complexity index is 562. The van der Waals surface area contributed by atoms with Crippen molar-refractivity contribution in [2.75, 3.05) is 6.61 Å². The minimum absolute atomic E-state index is 0.0774. The van der Waals surface area contributed by atoms with E-state index in [4.69, 9.17) is 10.6 Å². The van der Waals surface area contributed by atoms with Crippen molar-refractivity contribution in [2.45, 2.75) is 39.8 Å². The van der Waals surface area contributed by atoms with Gasteiger partial charge in [0.15, 0.2) is 0 Å². The van der Waals surface area contributed by atoms with E-state index in [0.29, 0.717) is 0 Å². The van der Waals surface area contributed by atoms with Gasteiger partial charge < -0.3 is 4.74 Å². The number of nitrogens with zero attached hydrogens (tertiary/aromatic N) is 2. The zero-order valence-electron chi connectivity index (χ0n) is 13.0. The summed E-state index contributed by atoms with van der Waals surface area (Å²) >= 11 is 0. The van der Waals surface area contributed by atoms with E-state index in [1.54, 1.807) is 0 Å². The molecule has 1 atom stereocenters. The Morgan fingerprint density at radius 1 is 1.29 bits per heavy atom. The summed E-state index contributed by atoms with van der Waals surface area (Å²) < 4.78 is 7.58. The van der Waals surface area contributed by atoms with Crippen LogP contribution in [0.25, 0.3) is 0 Å². The first kappa shape index (κ1) is 15.5. The van der Waals surface area contributed by atoms with E-state index >= 15 is 0 Å². The van der Waals surface area contributed by atoms with Crippen LogP contribution in [0.4, 0.5) is 0 Å². The number of rotatable bonds is 7. The number of ether oxygens (including phenoxy) is 1. The average Bonchev–Trinajstić information content (AvgIpc) is 2.88. The second kappa shape index (κ2) is 7.24. The summed E-state index contributed by atoms with van der Waals surface area (Å²) in [4.78, 5) is 0. The third-order valence-corrected chi connectivity index (χ3v) is 3.38. The number of hydrogen-bond acceptors (Lipinski definition) is 4. The molecule has 0 spiro atoms. The molecule has 0 radical (unpaired) electrons. The highest BCUT2D eigenvalue weighted by molar-refractivity contribution is 5.33. The van der Waals surface area contributed by atoms with Crippen LogP contribution in [0.2, 0.25) is 0 Å². The fraction of sp³-hybridized carbons (Fsp3) is 0.438. The smallest absolute Gasteiger partial charge is 0.119 e. The Morgan fingerprint density at radius 3 is 2.57 bits per heavy atom. The lowest BCUT2D eigenvalue weighted by molar-refractivity contribution is 0.317. The number of hydrogen-bond donors (Lipinski definition) is 2. The highest BCUT2D eigenvalue weighted by Crippen LogP contribution is 2.24. The Balaban J connectivity index is 2.24. The minimum atomic E-state index is -0.0774. The molecule has 0 aliphatic rings. The summed E-state index contributed by atoms with van der Waals surface area (Å²) in [5, 5.41) is 4.48. The Morgan fingerprint density at radius 2 is 2.00 bits per heavy atom. The molecule has 0 aliphatic carbocycles. The normalized spacial score (nSPS) is 12.4. The van der Waals surface area contributed by atoms with Crippen LogP contribution in [0.3, 0.4) is 0 Å². The van der Waals surface area contributed by atoms with Crippen molar-refractivity contribution in [3.8, 4) is 5.75 Å². The first-order chi connectivity index (χ1) is 10.2. The van der Waals surface area contributed by atoms with Gasteiger partial charge in [-0.15, -0.1) is 0 Å². The van der Waals surface area contributed by atoms with Crippen LogP contribution in [0.5, 0.6) is 5.75 Å². The largest absolute Gasteiger partial charge is 0.494 e. The van der Waals surface area contributed by atoms with Gasteiger partial charge in [-0.25, -0.2) is 5.43 Å². The van der Waals surface area contributed by atoms with Crippen molar-refractivity contribution >= 4 is 0 Å². The van der Waals surface area contributed by atoms with Gasteiger partial charge in [-0.2, -0.15) is 5.10 Å². The van der Waals surface area contributed by atoms with E-state index in [-0.39, 0.29) is 6.04 Å². The van der Waals surface area contributed by atoms with Crippen LogP contribution >= 0.6 is 0 Å². The summed E-state index contributed by atoms with van der Waals surface area (Å²) in [6.07, 6.45) is 1.00. The van der Waals surface area contributed by atoms with Crippen molar-refractivity contribution in [2.24, 2.45) is 5.84 Å². The lowest BCUT2D eigenvalue weighted by atomic mass is 10.0. The molecule has 2 rings (SSSR count). The van der Waals surface area contributed by atoms with Crippen molar-refractivity contribution in [3.05, 3.63) is 47.3 Å². The van der Waals surface area contributed by atoms with Crippen LogP contribution in [-0.4, -0.2) is 16.4 Å². The lowest BCUT2D eigenvalue weighted by Crippen LogP contribution is -2.30. The Hall–Kier alpha value is -1.85. The van der Waals surface area contributed by atoms with Gasteiger partial charge >= 0.3 is 0 Å². The fourth-order valence-electron chi connectivity index (χ4n) is 2.38. The maximum atomic E-state index is 5.77. The zero-order valence-corrected chi connectivity index (χ0v) is 13.0. The third-order valence-electron chi connectivity index (χ3n) is 3.38. The molecule has 0 amide bonds. The van der Waals surface area contributed by atoms with Gasteiger partial charge in [0.1, 0.15) is 5.75 Å². The van der Waals surface area contributed by atoms with Crippen molar-refractivity contribution in [1.82, 2.24) is 15.2 Å². The van der Waals surface area contributed by atoms with E-state index in [2.05, 4.69) is 30.4 Å². The maximum absolute atomic E-state index is 5.77. The summed E-state index contributed by atoms with van der Waals surface area (Å²) in [5.41, 5.74) is 6.04. The molecule has 1 aromatic carbocycles. The van der Waals surface area contributed by atoms with Gasteiger partial charge in [-0.3, -0.25) is 10.5 Å². The molecule has 21 heavy (non-hydrogen) atoms. The Kier molecular flexibility index (Phi) is 5.36. The van der Waals surface area contributed by atoms with Gasteiger partial charge in [0.05, 0.1) is 24.0 Å². The molecule has 5 heteroatoms. The second-order valence-corrected chi connectivity index (χ2v) is 5.04. The molecule has 114 valence electrons. The summed E-state index contributed by atoms with van der Waals surface area (Å²) in [6, 6.07) is 10.0. The van der Waals surface area contributed by atoms with Crippen LogP contribution in [0.1, 0.15) is 43.3 Å². The molecular formula is C16H24N4O. The minimum Gasteiger partial charge on any atom is -0.494 e. The van der Waals surface area contributed by atoms with Crippen LogP contribution in [-0.2, 0) is 6.54 Å². The van der Waals surface area contributed by atoms with Gasteiger partial charge in [0, 0.05) is 6.54 Å². The SMILES string of the molecule is CCCOc1ccc(C(NN)c2cc(C)nn2CC)cc1. The lowest BCUT2D eigenvalue weighted by Gasteiger charge is -2.18. The number of aromatic nitrogens is 2. The fourth-order valence-corrected chi connectivity index (χ4v) is 2.38. The molecule has 3 N–H and O–H groups in total. The van der Waals surface area contributed by atoms with E-state index in [0.717, 1.165) is 42.3 Å². The molecule has 1 aromatic heterocycles. The van der Waals surface area contributed by atoms with Gasteiger partial charge in [-0.1, -0.05) is 19.1 Å². The first-order valence-corrected chi connectivity index (χ1v) is 7.42. The van der Waals surface area contributed by atoms with Crippen molar-refractivity contribution in [1.29, 1.82) is 0 Å². The predicted octanol–water partition coefficient (Wildman–Crippen LogP) is 2.55. The highest BCUT2D eigenvalue weighted by atomic mass is 16.5. The quantitative estimate of drug-likeness (QED) is 0.607. The molecule has 0 saturated heterocycles. The molecular weight excluding hydrogens is 264 g/mol. The summed E-state index contributed by atoms with van der Waals surface area (Å²) in [6.45, 7) is 7.71. The maximum Gasteiger partial charge on any atom is 0.119 e. The average molecular weight is 288 g/mol. The molecule has 0 fully saturated rings. The third kappa shape index (κ3) is 3.62. The Labute approximate surface area is 126 Å². The topological polar surface area (TPSA) is 65.1 Å². The van der Waals surface area contributed by atoms with E-state index < -0.39 is 0 Å². The monoisotopic (exact) mass is 288 g/mol. The number of nitrogens with one attached hydrogen (secondary N) is 1. The van der Waals surface area contributed by atoms with Crippen LogP contribution in [0.15, 0.2) is 30.3 Å². The standard InChI is InChI=1S/C16H24N4O/c1-4-10-21-14-8-6-13(7-9-14)16(18-17)15-11-12(3)19-20(15)5-2/h6-9,11,16,18H,4-5,10,17H2,1-3H3. The van der Waals surface area contributed by atoms with Gasteiger partial charge in [0.25, 0.3) is 0 Å². The van der Waals surface area contributed by atoms with E-state index in [1.807, 2.05) is 35.9 Å². The summed E-state index contributed by atoms with van der Waals surface area (Å²) in [7, 11) is 0. The molecule has 1 unspecified atom stereocenters. The molecule has 0 bridgehead atoms. The second-order valence-electron chi connectivity index (χ2n) is 5.04. The zero-order chi connectivity index (χ0) is 15.2. The number of nitrogens with two attached hydrogens (primary N) is 1. The molecule has 0 aliphatic heterocycles. The number of benzene rings is 1. The van der Waals surface area contributed by atoms with Gasteiger partial charge in [0.2, 0.25) is 0 Å². The highest BCUT2D eigenvalue weighted by Gasteiger charge is 2.17.